The van der Waals surface area contributed by atoms with Gasteiger partial charge < -0.3 is 10.1 Å². The maximum absolute atomic E-state index is 12.6. The molecule has 0 bridgehead atoms. The summed E-state index contributed by atoms with van der Waals surface area (Å²) in [4.78, 5) is 24.5. The number of fused-ring (bicyclic) bond motifs is 1. The number of aromatic nitrogens is 1. The standard InChI is InChI=1S/C19H21N3O5S2/c1-4-21-15-10-9-13(11-17(15)28-19(21)24)20-18(23)12-22(29(3,25)26)14-7-5-6-8-16(14)27-2/h5-11H,4,12H2,1-3H3,(H,20,23). The largest absolute Gasteiger partial charge is 0.495 e. The van der Waals surface area contributed by atoms with Crippen LogP contribution in [0.2, 0.25) is 0 Å². The summed E-state index contributed by atoms with van der Waals surface area (Å²) in [6, 6.07) is 11.7. The van der Waals surface area contributed by atoms with Gasteiger partial charge in [-0.3, -0.25) is 18.5 Å². The van der Waals surface area contributed by atoms with Gasteiger partial charge in [0.05, 0.1) is 29.3 Å². The van der Waals surface area contributed by atoms with Crippen molar-refractivity contribution >= 4 is 48.9 Å². The molecule has 1 amide bonds. The molecule has 10 heteroatoms. The number of nitrogens with one attached hydrogen (secondary N) is 1. The average molecular weight is 436 g/mol. The van der Waals surface area contributed by atoms with Crippen molar-refractivity contribution in [3.63, 3.8) is 0 Å². The number of anilines is 2. The van der Waals surface area contributed by atoms with Crippen molar-refractivity contribution in [3.8, 4) is 5.75 Å². The van der Waals surface area contributed by atoms with E-state index in [0.29, 0.717) is 18.0 Å². The Hall–Kier alpha value is -2.85. The molecule has 2 aromatic carbocycles. The summed E-state index contributed by atoms with van der Waals surface area (Å²) < 4.78 is 33.2. The zero-order valence-corrected chi connectivity index (χ0v) is 17.8. The molecule has 0 atom stereocenters. The second-order valence-electron chi connectivity index (χ2n) is 6.28. The van der Waals surface area contributed by atoms with Crippen LogP contribution in [0.25, 0.3) is 10.2 Å². The zero-order chi connectivity index (χ0) is 21.2. The van der Waals surface area contributed by atoms with E-state index in [1.54, 1.807) is 47.0 Å². The van der Waals surface area contributed by atoms with E-state index in [0.717, 1.165) is 32.1 Å². The van der Waals surface area contributed by atoms with Crippen LogP contribution in [-0.2, 0) is 21.4 Å². The summed E-state index contributed by atoms with van der Waals surface area (Å²) in [5.41, 5.74) is 1.56. The van der Waals surface area contributed by atoms with E-state index < -0.39 is 22.5 Å². The summed E-state index contributed by atoms with van der Waals surface area (Å²) in [5, 5.41) is 2.70. The van der Waals surface area contributed by atoms with Crippen LogP contribution < -0.4 is 19.2 Å². The number of sulfonamides is 1. The number of ether oxygens (including phenoxy) is 1. The van der Waals surface area contributed by atoms with Crippen molar-refractivity contribution in [2.75, 3.05) is 29.5 Å². The molecule has 0 radical (unpaired) electrons. The molecule has 0 fully saturated rings. The zero-order valence-electron chi connectivity index (χ0n) is 16.2. The van der Waals surface area contributed by atoms with Crippen molar-refractivity contribution < 1.29 is 17.9 Å². The van der Waals surface area contributed by atoms with Crippen LogP contribution in [0.4, 0.5) is 11.4 Å². The van der Waals surface area contributed by atoms with Gasteiger partial charge in [-0.25, -0.2) is 8.42 Å². The minimum Gasteiger partial charge on any atom is -0.495 e. The van der Waals surface area contributed by atoms with Crippen molar-refractivity contribution in [1.82, 2.24) is 4.57 Å². The van der Waals surface area contributed by atoms with Gasteiger partial charge in [0.2, 0.25) is 15.9 Å². The van der Waals surface area contributed by atoms with Crippen LogP contribution in [-0.4, -0.2) is 38.8 Å². The lowest BCUT2D eigenvalue weighted by molar-refractivity contribution is -0.114. The number of methoxy groups -OCH3 is 1. The quantitative estimate of drug-likeness (QED) is 0.615. The first kappa shape index (κ1) is 20.9. The van der Waals surface area contributed by atoms with Gasteiger partial charge in [0, 0.05) is 12.2 Å². The minimum atomic E-state index is -3.73. The molecule has 29 heavy (non-hydrogen) atoms. The normalized spacial score (nSPS) is 11.4. The highest BCUT2D eigenvalue weighted by molar-refractivity contribution is 7.92. The van der Waals surface area contributed by atoms with Gasteiger partial charge in [0.25, 0.3) is 0 Å². The SMILES string of the molecule is CCn1c(=O)sc2cc(NC(=O)CN(c3ccccc3OC)S(C)(=O)=O)ccc21. The third-order valence-electron chi connectivity index (χ3n) is 4.31. The highest BCUT2D eigenvalue weighted by atomic mass is 32.2. The van der Waals surface area contributed by atoms with Crippen LogP contribution in [0.5, 0.6) is 5.75 Å². The minimum absolute atomic E-state index is 0.0644. The van der Waals surface area contributed by atoms with Crippen LogP contribution in [0.3, 0.4) is 0 Å². The van der Waals surface area contributed by atoms with Gasteiger partial charge in [-0.1, -0.05) is 23.5 Å². The highest BCUT2D eigenvalue weighted by Gasteiger charge is 2.24. The number of carbonyl (C=O) groups excluding carboxylic acids is 1. The second kappa shape index (κ2) is 8.26. The average Bonchev–Trinajstić information content (AvgIpc) is 2.99. The van der Waals surface area contributed by atoms with Crippen molar-refractivity contribution in [1.29, 1.82) is 0 Å². The van der Waals surface area contributed by atoms with E-state index in [1.165, 1.54) is 7.11 Å². The number of aryl methyl sites for hydroxylation is 1. The van der Waals surface area contributed by atoms with Crippen molar-refractivity contribution in [2.45, 2.75) is 13.5 Å². The van der Waals surface area contributed by atoms with Gasteiger partial charge >= 0.3 is 4.87 Å². The van der Waals surface area contributed by atoms with Crippen LogP contribution in [0.1, 0.15) is 6.92 Å². The van der Waals surface area contributed by atoms with Crippen molar-refractivity contribution in [3.05, 3.63) is 52.1 Å². The number of amides is 1. The fourth-order valence-corrected chi connectivity index (χ4v) is 4.85. The molecule has 1 N–H and O–H groups in total. The Morgan fingerprint density at radius 1 is 1.24 bits per heavy atom. The molecular formula is C19H21N3O5S2. The third-order valence-corrected chi connectivity index (χ3v) is 6.38. The smallest absolute Gasteiger partial charge is 0.308 e. The van der Waals surface area contributed by atoms with Gasteiger partial charge in [-0.15, -0.1) is 0 Å². The van der Waals surface area contributed by atoms with Crippen LogP contribution in [0, 0.1) is 0 Å². The summed E-state index contributed by atoms with van der Waals surface area (Å²) in [6.07, 6.45) is 1.03. The molecule has 0 saturated heterocycles. The number of rotatable bonds is 7. The summed E-state index contributed by atoms with van der Waals surface area (Å²) in [5.74, 6) is -0.166. The number of thiazole rings is 1. The van der Waals surface area contributed by atoms with E-state index in [-0.39, 0.29) is 10.6 Å². The molecule has 0 aliphatic heterocycles. The fourth-order valence-electron chi connectivity index (χ4n) is 2.99. The Morgan fingerprint density at radius 3 is 2.62 bits per heavy atom. The Morgan fingerprint density at radius 2 is 1.97 bits per heavy atom. The summed E-state index contributed by atoms with van der Waals surface area (Å²) in [6.45, 7) is 2.04. The molecule has 0 unspecified atom stereocenters. The maximum Gasteiger partial charge on any atom is 0.308 e. The second-order valence-corrected chi connectivity index (χ2v) is 9.18. The monoisotopic (exact) mass is 435 g/mol. The van der Waals surface area contributed by atoms with Gasteiger partial charge in [0.1, 0.15) is 12.3 Å². The van der Waals surface area contributed by atoms with E-state index >= 15 is 0 Å². The lowest BCUT2D eigenvalue weighted by Gasteiger charge is -2.23. The van der Waals surface area contributed by atoms with Gasteiger partial charge in [-0.2, -0.15) is 0 Å². The van der Waals surface area contributed by atoms with Crippen molar-refractivity contribution in [2.24, 2.45) is 0 Å². The number of nitrogens with zero attached hydrogens (tertiary/aromatic N) is 2. The first-order valence-electron chi connectivity index (χ1n) is 8.78. The first-order valence-corrected chi connectivity index (χ1v) is 11.4. The number of benzene rings is 2. The molecule has 0 spiro atoms. The Bertz CT molecular complexity index is 1210. The molecule has 1 heterocycles. The lowest BCUT2D eigenvalue weighted by Crippen LogP contribution is -2.37. The van der Waals surface area contributed by atoms with E-state index in [1.807, 2.05) is 6.92 Å². The molecule has 8 nitrogen and oxygen atoms in total. The fraction of sp³-hybridized carbons (Fsp3) is 0.263. The number of para-hydroxylation sites is 2. The van der Waals surface area contributed by atoms with E-state index in [2.05, 4.69) is 5.32 Å². The van der Waals surface area contributed by atoms with E-state index in [4.69, 9.17) is 4.74 Å². The number of hydrogen-bond acceptors (Lipinski definition) is 6. The number of hydrogen-bond donors (Lipinski definition) is 1. The first-order chi connectivity index (χ1) is 13.7. The molecule has 0 aliphatic rings. The van der Waals surface area contributed by atoms with Crippen LogP contribution >= 0.6 is 11.3 Å². The Balaban J connectivity index is 1.86. The molecule has 0 saturated carbocycles. The molecule has 3 aromatic rings. The maximum atomic E-state index is 12.6. The van der Waals surface area contributed by atoms with Gasteiger partial charge in [-0.05, 0) is 37.3 Å². The van der Waals surface area contributed by atoms with Crippen LogP contribution in [0.15, 0.2) is 47.3 Å². The Kier molecular flexibility index (Phi) is 5.94. The predicted molar refractivity (Wildman–Crippen MR) is 116 cm³/mol. The number of carbonyl (C=O) groups is 1. The van der Waals surface area contributed by atoms with E-state index in [9.17, 15) is 18.0 Å². The molecule has 0 aliphatic carbocycles. The molecule has 154 valence electrons. The lowest BCUT2D eigenvalue weighted by atomic mass is 10.2. The predicted octanol–water partition coefficient (Wildman–Crippen LogP) is 2.50. The molecule has 1 aromatic heterocycles. The highest BCUT2D eigenvalue weighted by Crippen LogP contribution is 2.29. The van der Waals surface area contributed by atoms with Gasteiger partial charge in [0.15, 0.2) is 0 Å². The summed E-state index contributed by atoms with van der Waals surface area (Å²) in [7, 11) is -2.30. The third kappa shape index (κ3) is 4.43. The topological polar surface area (TPSA) is 97.7 Å². The summed E-state index contributed by atoms with van der Waals surface area (Å²) >= 11 is 1.10. The molecular weight excluding hydrogens is 414 g/mol. The Labute approximate surface area is 172 Å². The molecule has 3 rings (SSSR count).